The maximum Gasteiger partial charge on any atom is 0.0798 e. The van der Waals surface area contributed by atoms with Gasteiger partial charge in [0.05, 0.1) is 17.2 Å². The highest BCUT2D eigenvalue weighted by Gasteiger charge is 2.15. The van der Waals surface area contributed by atoms with Gasteiger partial charge in [0.1, 0.15) is 0 Å². The van der Waals surface area contributed by atoms with Crippen LogP contribution in [0.1, 0.15) is 22.2 Å². The number of nitrogens with zero attached hydrogens (tertiary/aromatic N) is 1. The van der Waals surface area contributed by atoms with E-state index in [0.717, 1.165) is 16.1 Å². The molecule has 1 aromatic carbocycles. The van der Waals surface area contributed by atoms with Crippen molar-refractivity contribution in [3.05, 3.63) is 50.9 Å². The Morgan fingerprint density at radius 3 is 2.73 bits per heavy atom. The highest BCUT2D eigenvalue weighted by Crippen LogP contribution is 2.29. The molecule has 0 fully saturated rings. The summed E-state index contributed by atoms with van der Waals surface area (Å²) in [6, 6.07) is 7.47. The fourth-order valence-corrected chi connectivity index (χ4v) is 2.55. The molecule has 0 radical (unpaired) electrons. The quantitative estimate of drug-likeness (QED) is 0.873. The van der Waals surface area contributed by atoms with Crippen LogP contribution in [-0.2, 0) is 0 Å². The number of aromatic nitrogens is 1. The van der Waals surface area contributed by atoms with Gasteiger partial charge < -0.3 is 5.73 Å². The summed E-state index contributed by atoms with van der Waals surface area (Å²) in [5.41, 5.74) is 9.88. The zero-order chi connectivity index (χ0) is 10.8. The standard InChI is InChI=1S/C11H11ClN2S/c1-7-11(15-6-14-7)10(13)8-4-2-3-5-9(8)12/h2-6,10H,13H2,1H3. The lowest BCUT2D eigenvalue weighted by molar-refractivity contribution is 0.878. The molecule has 78 valence electrons. The van der Waals surface area contributed by atoms with Crippen LogP contribution >= 0.6 is 22.9 Å². The fourth-order valence-electron chi connectivity index (χ4n) is 1.48. The second-order valence-corrected chi connectivity index (χ2v) is 4.59. The molecule has 0 saturated heterocycles. The van der Waals surface area contributed by atoms with Gasteiger partial charge in [-0.2, -0.15) is 0 Å². The molecule has 1 unspecified atom stereocenters. The van der Waals surface area contributed by atoms with E-state index in [1.54, 1.807) is 16.8 Å². The van der Waals surface area contributed by atoms with Gasteiger partial charge in [-0.15, -0.1) is 11.3 Å². The number of benzene rings is 1. The predicted molar refractivity (Wildman–Crippen MR) is 64.3 cm³/mol. The fraction of sp³-hybridized carbons (Fsp3) is 0.182. The molecule has 0 bridgehead atoms. The predicted octanol–water partition coefficient (Wildman–Crippen LogP) is 3.15. The Balaban J connectivity index is 2.41. The van der Waals surface area contributed by atoms with E-state index in [1.165, 1.54) is 0 Å². The van der Waals surface area contributed by atoms with Gasteiger partial charge in [0.25, 0.3) is 0 Å². The highest BCUT2D eigenvalue weighted by atomic mass is 35.5. The van der Waals surface area contributed by atoms with Crippen molar-refractivity contribution in [1.29, 1.82) is 0 Å². The monoisotopic (exact) mass is 238 g/mol. The Bertz CT molecular complexity index is 467. The Labute approximate surface area is 97.7 Å². The summed E-state index contributed by atoms with van der Waals surface area (Å²) in [6.07, 6.45) is 0. The molecule has 15 heavy (non-hydrogen) atoms. The number of thiazole rings is 1. The van der Waals surface area contributed by atoms with Crippen molar-refractivity contribution in [2.75, 3.05) is 0 Å². The SMILES string of the molecule is Cc1ncsc1C(N)c1ccccc1Cl. The second-order valence-electron chi connectivity index (χ2n) is 3.30. The molecular weight excluding hydrogens is 228 g/mol. The largest absolute Gasteiger partial charge is 0.320 e. The van der Waals surface area contributed by atoms with Gasteiger partial charge in [0, 0.05) is 9.90 Å². The number of rotatable bonds is 2. The molecule has 1 heterocycles. The molecule has 1 atom stereocenters. The van der Waals surface area contributed by atoms with Crippen LogP contribution in [0, 0.1) is 6.92 Å². The average molecular weight is 239 g/mol. The molecule has 0 aliphatic rings. The minimum atomic E-state index is -0.175. The number of halogens is 1. The number of hydrogen-bond donors (Lipinski definition) is 1. The summed E-state index contributed by atoms with van der Waals surface area (Å²) in [5.74, 6) is 0. The van der Waals surface area contributed by atoms with E-state index in [4.69, 9.17) is 17.3 Å². The third-order valence-electron chi connectivity index (χ3n) is 2.31. The molecule has 4 heteroatoms. The lowest BCUT2D eigenvalue weighted by Crippen LogP contribution is -2.11. The van der Waals surface area contributed by atoms with Crippen LogP contribution in [0.2, 0.25) is 5.02 Å². The van der Waals surface area contributed by atoms with Gasteiger partial charge in [-0.05, 0) is 18.6 Å². The van der Waals surface area contributed by atoms with Crippen LogP contribution in [0.15, 0.2) is 29.8 Å². The van der Waals surface area contributed by atoms with Gasteiger partial charge in [-0.1, -0.05) is 29.8 Å². The van der Waals surface area contributed by atoms with Crippen LogP contribution in [0.4, 0.5) is 0 Å². The van der Waals surface area contributed by atoms with E-state index in [1.807, 2.05) is 31.2 Å². The lowest BCUT2D eigenvalue weighted by Gasteiger charge is -2.12. The number of aryl methyl sites for hydroxylation is 1. The summed E-state index contributed by atoms with van der Waals surface area (Å²) < 4.78 is 0. The maximum absolute atomic E-state index is 6.15. The Morgan fingerprint density at radius 1 is 1.40 bits per heavy atom. The van der Waals surface area contributed by atoms with E-state index in [9.17, 15) is 0 Å². The Hall–Kier alpha value is -0.900. The third kappa shape index (κ3) is 2.04. The van der Waals surface area contributed by atoms with Crippen LogP contribution in [0.3, 0.4) is 0 Å². The second kappa shape index (κ2) is 4.31. The van der Waals surface area contributed by atoms with Gasteiger partial charge >= 0.3 is 0 Å². The van der Waals surface area contributed by atoms with Crippen LogP contribution < -0.4 is 5.73 Å². The van der Waals surface area contributed by atoms with Crippen molar-refractivity contribution in [3.8, 4) is 0 Å². The Morgan fingerprint density at radius 2 is 2.13 bits per heavy atom. The number of hydrogen-bond acceptors (Lipinski definition) is 3. The van der Waals surface area contributed by atoms with Gasteiger partial charge in [-0.3, -0.25) is 0 Å². The Kier molecular flexibility index (Phi) is 3.05. The zero-order valence-corrected chi connectivity index (χ0v) is 9.85. The van der Waals surface area contributed by atoms with Crippen LogP contribution in [0.25, 0.3) is 0 Å². The normalized spacial score (nSPS) is 12.7. The van der Waals surface area contributed by atoms with Crippen molar-refractivity contribution in [3.63, 3.8) is 0 Å². The summed E-state index contributed by atoms with van der Waals surface area (Å²) in [4.78, 5) is 5.26. The first-order valence-electron chi connectivity index (χ1n) is 4.60. The van der Waals surface area contributed by atoms with Crippen molar-refractivity contribution in [2.45, 2.75) is 13.0 Å². The molecule has 2 rings (SSSR count). The molecule has 1 aromatic heterocycles. The first kappa shape index (κ1) is 10.6. The van der Waals surface area contributed by atoms with E-state index in [-0.39, 0.29) is 6.04 Å². The molecule has 0 saturated carbocycles. The molecule has 2 nitrogen and oxygen atoms in total. The minimum Gasteiger partial charge on any atom is -0.320 e. The zero-order valence-electron chi connectivity index (χ0n) is 8.27. The summed E-state index contributed by atoms with van der Waals surface area (Å²) >= 11 is 7.66. The average Bonchev–Trinajstić information content (AvgIpc) is 2.64. The van der Waals surface area contributed by atoms with Crippen molar-refractivity contribution in [2.24, 2.45) is 5.73 Å². The summed E-state index contributed by atoms with van der Waals surface area (Å²) in [5, 5.41) is 0.706. The van der Waals surface area contributed by atoms with Gasteiger partial charge in [0.15, 0.2) is 0 Å². The molecular formula is C11H11ClN2S. The lowest BCUT2D eigenvalue weighted by atomic mass is 10.1. The minimum absolute atomic E-state index is 0.175. The summed E-state index contributed by atoms with van der Waals surface area (Å²) in [7, 11) is 0. The maximum atomic E-state index is 6.15. The van der Waals surface area contributed by atoms with Crippen LogP contribution in [-0.4, -0.2) is 4.98 Å². The first-order chi connectivity index (χ1) is 7.20. The molecule has 2 aromatic rings. The van der Waals surface area contributed by atoms with Gasteiger partial charge in [-0.25, -0.2) is 4.98 Å². The van der Waals surface area contributed by atoms with Crippen molar-refractivity contribution >= 4 is 22.9 Å². The molecule has 0 aliphatic carbocycles. The first-order valence-corrected chi connectivity index (χ1v) is 5.86. The van der Waals surface area contributed by atoms with Crippen LogP contribution in [0.5, 0.6) is 0 Å². The van der Waals surface area contributed by atoms with E-state index < -0.39 is 0 Å². The molecule has 0 amide bonds. The molecule has 2 N–H and O–H groups in total. The van der Waals surface area contributed by atoms with Gasteiger partial charge in [0.2, 0.25) is 0 Å². The molecule has 0 aliphatic heterocycles. The topological polar surface area (TPSA) is 38.9 Å². The third-order valence-corrected chi connectivity index (χ3v) is 3.66. The number of nitrogens with two attached hydrogens (primary N) is 1. The van der Waals surface area contributed by atoms with E-state index >= 15 is 0 Å². The van der Waals surface area contributed by atoms with E-state index in [0.29, 0.717) is 5.02 Å². The van der Waals surface area contributed by atoms with Crippen molar-refractivity contribution < 1.29 is 0 Å². The smallest absolute Gasteiger partial charge is 0.0798 e. The van der Waals surface area contributed by atoms with E-state index in [2.05, 4.69) is 4.98 Å². The molecule has 0 spiro atoms. The highest BCUT2D eigenvalue weighted by molar-refractivity contribution is 7.09. The summed E-state index contributed by atoms with van der Waals surface area (Å²) in [6.45, 7) is 1.96. The van der Waals surface area contributed by atoms with Crippen molar-refractivity contribution in [1.82, 2.24) is 4.98 Å².